The molecule has 12 heteroatoms. The maximum absolute atomic E-state index is 15.0. The largest absolute Gasteiger partial charge is 0.411 e. The summed E-state index contributed by atoms with van der Waals surface area (Å²) in [6.07, 6.45) is -5.17. The molecule has 4 aromatic rings. The number of hydrogen-bond acceptors (Lipinski definition) is 4. The van der Waals surface area contributed by atoms with Crippen molar-refractivity contribution in [3.05, 3.63) is 114 Å². The van der Waals surface area contributed by atoms with E-state index in [1.807, 2.05) is 4.98 Å². The zero-order chi connectivity index (χ0) is 26.5. The van der Waals surface area contributed by atoms with E-state index in [0.29, 0.717) is 0 Å². The number of rotatable bonds is 5. The van der Waals surface area contributed by atoms with Gasteiger partial charge in [-0.05, 0) is 31.0 Å². The molecule has 1 aliphatic rings. The second-order valence-electron chi connectivity index (χ2n) is 8.66. The van der Waals surface area contributed by atoms with Gasteiger partial charge in [0.1, 0.15) is 5.82 Å². The lowest BCUT2D eigenvalue weighted by molar-refractivity contribution is -0.181. The molecule has 0 saturated heterocycles. The van der Waals surface area contributed by atoms with Gasteiger partial charge in [0.05, 0.1) is 16.8 Å². The van der Waals surface area contributed by atoms with Crippen LogP contribution in [-0.4, -0.2) is 31.4 Å². The first kappa shape index (κ1) is 24.1. The van der Waals surface area contributed by atoms with E-state index in [2.05, 4.69) is 10.4 Å². The summed E-state index contributed by atoms with van der Waals surface area (Å²) in [6, 6.07) is 16.7. The Hall–Kier alpha value is -4.61. The van der Waals surface area contributed by atoms with Crippen LogP contribution in [0.4, 0.5) is 19.0 Å². The molecule has 2 aromatic carbocycles. The normalized spacial score (nSPS) is 17.0. The first-order valence-corrected chi connectivity index (χ1v) is 11.2. The number of carbonyl (C=O) groups excluding carboxylic acids is 1. The second-order valence-corrected chi connectivity index (χ2v) is 8.66. The summed E-state index contributed by atoms with van der Waals surface area (Å²) < 4.78 is 46.8. The van der Waals surface area contributed by atoms with Gasteiger partial charge in [-0.25, -0.2) is 9.48 Å². The summed E-state index contributed by atoms with van der Waals surface area (Å²) in [7, 11) is 0. The van der Waals surface area contributed by atoms with Gasteiger partial charge < -0.3 is 5.32 Å². The van der Waals surface area contributed by atoms with Crippen LogP contribution in [0.1, 0.15) is 22.4 Å². The van der Waals surface area contributed by atoms with E-state index in [-0.39, 0.29) is 24.3 Å². The van der Waals surface area contributed by atoms with E-state index in [1.165, 1.54) is 19.1 Å². The average Bonchev–Trinajstić information content (AvgIpc) is 3.33. The standard InChI is InChI=1S/C25H20F3N5O4/c1-14-17(21(35)33(31-14)16-10-6-3-7-11-16)24(25(26,27)28)18-19(29-22(24)36)32(23(37)30-20(18)34)13-12-15-8-4-2-5-9-15/h2-11,31H,12-13H2,1H3,(H,29,36)(H,30,34,37)/t24-/m1/s1. The lowest BCUT2D eigenvalue weighted by Gasteiger charge is -2.28. The number of aromatic amines is 2. The molecule has 37 heavy (non-hydrogen) atoms. The van der Waals surface area contributed by atoms with E-state index in [4.69, 9.17) is 0 Å². The number of para-hydroxylation sites is 1. The van der Waals surface area contributed by atoms with Crippen molar-refractivity contribution < 1.29 is 18.0 Å². The Labute approximate surface area is 206 Å². The van der Waals surface area contributed by atoms with Crippen LogP contribution in [-0.2, 0) is 23.2 Å². The van der Waals surface area contributed by atoms with E-state index in [9.17, 15) is 19.2 Å². The van der Waals surface area contributed by atoms with Crippen LogP contribution in [0.25, 0.3) is 5.69 Å². The quantitative estimate of drug-likeness (QED) is 0.381. The first-order valence-electron chi connectivity index (χ1n) is 11.2. The summed E-state index contributed by atoms with van der Waals surface area (Å²) in [5.41, 5.74) is -8.40. The van der Waals surface area contributed by atoms with Crippen LogP contribution in [0.15, 0.2) is 75.0 Å². The van der Waals surface area contributed by atoms with Crippen LogP contribution < -0.4 is 22.1 Å². The topological polar surface area (TPSA) is 122 Å². The third-order valence-electron chi connectivity index (χ3n) is 6.50. The van der Waals surface area contributed by atoms with Gasteiger partial charge in [0.15, 0.2) is 0 Å². The fourth-order valence-corrected chi connectivity index (χ4v) is 4.86. The molecule has 3 N–H and O–H groups in total. The van der Waals surface area contributed by atoms with E-state index < -0.39 is 51.3 Å². The fourth-order valence-electron chi connectivity index (χ4n) is 4.86. The van der Waals surface area contributed by atoms with Crippen molar-refractivity contribution >= 4 is 11.7 Å². The third-order valence-corrected chi connectivity index (χ3v) is 6.50. The number of nitrogens with zero attached hydrogens (tertiary/aromatic N) is 2. The second kappa shape index (κ2) is 8.50. The number of aryl methyl sites for hydroxylation is 2. The molecule has 190 valence electrons. The Kier molecular flexibility index (Phi) is 5.54. The Morgan fingerprint density at radius 1 is 0.892 bits per heavy atom. The zero-order valence-corrected chi connectivity index (χ0v) is 19.3. The lowest BCUT2D eigenvalue weighted by atomic mass is 9.75. The maximum Gasteiger partial charge on any atom is 0.411 e. The highest BCUT2D eigenvalue weighted by Crippen LogP contribution is 2.51. The summed E-state index contributed by atoms with van der Waals surface area (Å²) in [4.78, 5) is 54.2. The molecule has 0 spiro atoms. The molecule has 2 aromatic heterocycles. The number of anilines is 1. The minimum Gasteiger partial charge on any atom is -0.310 e. The smallest absolute Gasteiger partial charge is 0.310 e. The number of amides is 1. The molecule has 0 aliphatic carbocycles. The predicted molar refractivity (Wildman–Crippen MR) is 128 cm³/mol. The number of nitrogens with one attached hydrogen (secondary N) is 3. The van der Waals surface area contributed by atoms with Gasteiger partial charge in [-0.15, -0.1) is 0 Å². The molecular weight excluding hydrogens is 491 g/mol. The molecule has 1 aliphatic heterocycles. The van der Waals surface area contributed by atoms with Gasteiger partial charge in [-0.3, -0.25) is 29.0 Å². The van der Waals surface area contributed by atoms with Crippen molar-refractivity contribution in [2.75, 3.05) is 5.32 Å². The number of fused-ring (bicyclic) bond motifs is 1. The zero-order valence-electron chi connectivity index (χ0n) is 19.3. The van der Waals surface area contributed by atoms with Crippen molar-refractivity contribution in [2.24, 2.45) is 0 Å². The van der Waals surface area contributed by atoms with E-state index in [1.54, 1.807) is 48.5 Å². The van der Waals surface area contributed by atoms with Crippen LogP contribution in [0.2, 0.25) is 0 Å². The van der Waals surface area contributed by atoms with Crippen LogP contribution in [0, 0.1) is 6.92 Å². The van der Waals surface area contributed by atoms with Crippen molar-refractivity contribution in [2.45, 2.75) is 31.5 Å². The highest BCUT2D eigenvalue weighted by molar-refractivity contribution is 6.08. The van der Waals surface area contributed by atoms with Gasteiger partial charge in [0, 0.05) is 12.2 Å². The van der Waals surface area contributed by atoms with Crippen LogP contribution >= 0.6 is 0 Å². The summed E-state index contributed by atoms with van der Waals surface area (Å²) in [5.74, 6) is -2.22. The summed E-state index contributed by atoms with van der Waals surface area (Å²) >= 11 is 0. The van der Waals surface area contributed by atoms with Crippen molar-refractivity contribution in [3.8, 4) is 5.69 Å². The highest BCUT2D eigenvalue weighted by atomic mass is 19.4. The van der Waals surface area contributed by atoms with Gasteiger partial charge in [0.2, 0.25) is 5.41 Å². The Balaban J connectivity index is 1.77. The Morgan fingerprint density at radius 3 is 2.14 bits per heavy atom. The lowest BCUT2D eigenvalue weighted by Crippen LogP contribution is -2.54. The molecule has 0 radical (unpaired) electrons. The molecular formula is C25H20F3N5O4. The molecule has 3 heterocycles. The van der Waals surface area contributed by atoms with Gasteiger partial charge in [0.25, 0.3) is 17.0 Å². The van der Waals surface area contributed by atoms with Crippen molar-refractivity contribution in [1.82, 2.24) is 19.3 Å². The Bertz CT molecular complexity index is 1680. The van der Waals surface area contributed by atoms with Gasteiger partial charge in [-0.1, -0.05) is 48.5 Å². The Morgan fingerprint density at radius 2 is 1.51 bits per heavy atom. The fraction of sp³-hybridized carbons (Fsp3) is 0.200. The highest BCUT2D eigenvalue weighted by Gasteiger charge is 2.70. The van der Waals surface area contributed by atoms with Gasteiger partial charge >= 0.3 is 11.9 Å². The third kappa shape index (κ3) is 3.55. The number of H-pyrrole nitrogens is 2. The monoisotopic (exact) mass is 511 g/mol. The molecule has 9 nitrogen and oxygen atoms in total. The molecule has 0 saturated carbocycles. The van der Waals surface area contributed by atoms with Crippen LogP contribution in [0.3, 0.4) is 0 Å². The molecule has 0 fully saturated rings. The van der Waals surface area contributed by atoms with Crippen LogP contribution in [0.5, 0.6) is 0 Å². The van der Waals surface area contributed by atoms with Crippen molar-refractivity contribution in [1.29, 1.82) is 0 Å². The summed E-state index contributed by atoms with van der Waals surface area (Å²) in [6.45, 7) is 1.09. The molecule has 5 rings (SSSR count). The van der Waals surface area contributed by atoms with E-state index in [0.717, 1.165) is 14.8 Å². The van der Waals surface area contributed by atoms with E-state index >= 15 is 13.2 Å². The first-order chi connectivity index (χ1) is 17.6. The SMILES string of the molecule is Cc1[nH]n(-c2ccccc2)c(=O)c1[C@]1(C(F)(F)F)C(=O)Nc2c1c(=O)[nH]c(=O)n2CCc1ccccc1. The number of alkyl halides is 3. The minimum atomic E-state index is -5.41. The number of aromatic nitrogens is 4. The van der Waals surface area contributed by atoms with Crippen molar-refractivity contribution in [3.63, 3.8) is 0 Å². The molecule has 0 bridgehead atoms. The molecule has 0 unspecified atom stereocenters. The predicted octanol–water partition coefficient (Wildman–Crippen LogP) is 2.37. The maximum atomic E-state index is 15.0. The molecule has 1 atom stereocenters. The summed E-state index contributed by atoms with van der Waals surface area (Å²) in [5, 5.41) is 4.70. The molecule has 1 amide bonds. The average molecular weight is 511 g/mol. The minimum absolute atomic E-state index is 0.128. The number of hydrogen-bond donors (Lipinski definition) is 3. The number of halogens is 3. The van der Waals surface area contributed by atoms with Gasteiger partial charge in [-0.2, -0.15) is 13.2 Å². The number of carbonyl (C=O) groups is 1. The number of benzene rings is 2.